The highest BCUT2D eigenvalue weighted by Crippen LogP contribution is 2.34. The van der Waals surface area contributed by atoms with Crippen LogP contribution in [0.3, 0.4) is 0 Å². The minimum absolute atomic E-state index is 0.100. The Balaban J connectivity index is 1.52. The Morgan fingerprint density at radius 3 is 2.50 bits per heavy atom. The second-order valence-electron chi connectivity index (χ2n) is 7.28. The number of carbonyl (C=O) groups excluding carboxylic acids is 1. The number of amides is 1. The van der Waals surface area contributed by atoms with Crippen LogP contribution in [0.2, 0.25) is 0 Å². The van der Waals surface area contributed by atoms with Crippen LogP contribution < -0.4 is 5.32 Å². The van der Waals surface area contributed by atoms with Gasteiger partial charge in [-0.1, -0.05) is 18.2 Å². The zero-order valence-corrected chi connectivity index (χ0v) is 14.5. The monoisotopic (exact) mass is 356 g/mol. The number of benzene rings is 2. The van der Waals surface area contributed by atoms with Gasteiger partial charge in [0, 0.05) is 37.2 Å². The molecule has 1 aliphatic carbocycles. The van der Waals surface area contributed by atoms with Gasteiger partial charge in [-0.05, 0) is 54.7 Å². The van der Waals surface area contributed by atoms with Crippen LogP contribution in [0.15, 0.2) is 48.5 Å². The van der Waals surface area contributed by atoms with Gasteiger partial charge in [0.2, 0.25) is 0 Å². The lowest BCUT2D eigenvalue weighted by molar-refractivity contribution is 0.0713. The maximum atomic E-state index is 13.5. The molecule has 3 nitrogen and oxygen atoms in total. The molecule has 136 valence electrons. The topological polar surface area (TPSA) is 32.3 Å². The van der Waals surface area contributed by atoms with Crippen molar-refractivity contribution in [1.29, 1.82) is 0 Å². The van der Waals surface area contributed by atoms with E-state index < -0.39 is 5.82 Å². The van der Waals surface area contributed by atoms with Gasteiger partial charge in [0.1, 0.15) is 11.6 Å². The maximum Gasteiger partial charge on any atom is 0.254 e. The highest BCUT2D eigenvalue weighted by Gasteiger charge is 2.38. The summed E-state index contributed by atoms with van der Waals surface area (Å²) in [5.41, 5.74) is 1.50. The van der Waals surface area contributed by atoms with Gasteiger partial charge in [-0.15, -0.1) is 0 Å². The molecule has 26 heavy (non-hydrogen) atoms. The molecule has 2 fully saturated rings. The van der Waals surface area contributed by atoms with Crippen molar-refractivity contribution in [2.45, 2.75) is 24.8 Å². The van der Waals surface area contributed by atoms with Crippen molar-refractivity contribution in [2.75, 3.05) is 19.6 Å². The molecule has 0 spiro atoms. The first-order chi connectivity index (χ1) is 12.6. The van der Waals surface area contributed by atoms with Crippen LogP contribution in [-0.4, -0.2) is 36.5 Å². The number of halogens is 2. The lowest BCUT2D eigenvalue weighted by Crippen LogP contribution is -2.39. The van der Waals surface area contributed by atoms with Gasteiger partial charge in [0.15, 0.2) is 0 Å². The Labute approximate surface area is 152 Å². The molecular weight excluding hydrogens is 334 g/mol. The van der Waals surface area contributed by atoms with Crippen LogP contribution in [-0.2, 0) is 0 Å². The number of nitrogens with one attached hydrogen (secondary N) is 1. The highest BCUT2D eigenvalue weighted by molar-refractivity contribution is 5.94. The fourth-order valence-electron chi connectivity index (χ4n) is 3.85. The first kappa shape index (κ1) is 17.2. The highest BCUT2D eigenvalue weighted by atomic mass is 19.1. The van der Waals surface area contributed by atoms with Crippen LogP contribution in [0.25, 0.3) is 0 Å². The molecular formula is C21H22F2N2O. The third-order valence-corrected chi connectivity index (χ3v) is 5.39. The molecule has 1 heterocycles. The van der Waals surface area contributed by atoms with Crippen molar-refractivity contribution in [2.24, 2.45) is 5.92 Å². The molecule has 1 N–H and O–H groups in total. The summed E-state index contributed by atoms with van der Waals surface area (Å²) in [6, 6.07) is 12.8. The van der Waals surface area contributed by atoms with E-state index in [2.05, 4.69) is 5.32 Å². The van der Waals surface area contributed by atoms with Crippen LogP contribution >= 0.6 is 0 Å². The van der Waals surface area contributed by atoms with Gasteiger partial charge in [0.05, 0.1) is 0 Å². The average molecular weight is 356 g/mol. The van der Waals surface area contributed by atoms with Crippen LogP contribution in [0.4, 0.5) is 8.78 Å². The van der Waals surface area contributed by atoms with Crippen molar-refractivity contribution in [3.8, 4) is 0 Å². The minimum atomic E-state index is -0.390. The number of rotatable bonds is 5. The molecule has 1 saturated heterocycles. The quantitative estimate of drug-likeness (QED) is 0.888. The average Bonchev–Trinajstić information content (AvgIpc) is 3.38. The summed E-state index contributed by atoms with van der Waals surface area (Å²) in [4.78, 5) is 14.8. The van der Waals surface area contributed by atoms with Gasteiger partial charge >= 0.3 is 0 Å². The molecule has 4 rings (SSSR count). The molecule has 2 aliphatic rings. The normalized spacial score (nSPS) is 22.4. The summed E-state index contributed by atoms with van der Waals surface area (Å²) in [7, 11) is 0. The fraction of sp³-hybridized carbons (Fsp3) is 0.381. The molecule has 0 bridgehead atoms. The van der Waals surface area contributed by atoms with E-state index in [9.17, 15) is 13.6 Å². The van der Waals surface area contributed by atoms with E-state index in [-0.39, 0.29) is 29.6 Å². The summed E-state index contributed by atoms with van der Waals surface area (Å²) in [6.07, 6.45) is 2.00. The van der Waals surface area contributed by atoms with Crippen LogP contribution in [0.5, 0.6) is 0 Å². The Morgan fingerprint density at radius 1 is 1.04 bits per heavy atom. The van der Waals surface area contributed by atoms with Crippen molar-refractivity contribution < 1.29 is 13.6 Å². The molecule has 2 aromatic carbocycles. The molecule has 2 atom stereocenters. The van der Waals surface area contributed by atoms with E-state index in [1.54, 1.807) is 12.1 Å². The van der Waals surface area contributed by atoms with E-state index in [0.717, 1.165) is 31.5 Å². The van der Waals surface area contributed by atoms with Gasteiger partial charge in [0.25, 0.3) is 5.91 Å². The lowest BCUT2D eigenvalue weighted by Gasteiger charge is -2.29. The van der Waals surface area contributed by atoms with E-state index in [4.69, 9.17) is 0 Å². The van der Waals surface area contributed by atoms with Crippen molar-refractivity contribution in [3.63, 3.8) is 0 Å². The second kappa shape index (κ2) is 7.16. The second-order valence-corrected chi connectivity index (χ2v) is 7.28. The van der Waals surface area contributed by atoms with Crippen LogP contribution in [0.1, 0.15) is 34.7 Å². The van der Waals surface area contributed by atoms with Crippen molar-refractivity contribution in [1.82, 2.24) is 10.2 Å². The van der Waals surface area contributed by atoms with Gasteiger partial charge in [-0.2, -0.15) is 0 Å². The first-order valence-corrected chi connectivity index (χ1v) is 9.14. The predicted octanol–water partition coefficient (Wildman–Crippen LogP) is 3.57. The Hall–Kier alpha value is -2.27. The minimum Gasteiger partial charge on any atom is -0.335 e. The van der Waals surface area contributed by atoms with E-state index in [1.807, 2.05) is 17.0 Å². The summed E-state index contributed by atoms with van der Waals surface area (Å²) >= 11 is 0. The van der Waals surface area contributed by atoms with Gasteiger partial charge < -0.3 is 10.2 Å². The lowest BCUT2D eigenvalue weighted by atomic mass is 9.88. The van der Waals surface area contributed by atoms with E-state index >= 15 is 0 Å². The largest absolute Gasteiger partial charge is 0.335 e. The SMILES string of the molecule is O=C(c1cccc(F)c1)N(C[C@@H]1CNC[C@@H]1c1ccc(F)cc1)C1CC1. The zero-order chi connectivity index (χ0) is 18.1. The molecule has 0 radical (unpaired) electrons. The van der Waals surface area contributed by atoms with Crippen molar-refractivity contribution in [3.05, 3.63) is 71.3 Å². The van der Waals surface area contributed by atoms with Crippen LogP contribution in [0, 0.1) is 17.6 Å². The first-order valence-electron chi connectivity index (χ1n) is 9.14. The molecule has 0 aromatic heterocycles. The molecule has 0 unspecified atom stereocenters. The molecule has 1 aliphatic heterocycles. The summed E-state index contributed by atoms with van der Waals surface area (Å²) in [5, 5.41) is 3.40. The fourth-order valence-corrected chi connectivity index (χ4v) is 3.85. The molecule has 2 aromatic rings. The van der Waals surface area contributed by atoms with Crippen molar-refractivity contribution >= 4 is 5.91 Å². The smallest absolute Gasteiger partial charge is 0.254 e. The Bertz CT molecular complexity index is 789. The predicted molar refractivity (Wildman–Crippen MR) is 96.0 cm³/mol. The summed E-state index contributed by atoms with van der Waals surface area (Å²) in [5.74, 6) is -0.219. The van der Waals surface area contributed by atoms with E-state index in [0.29, 0.717) is 12.1 Å². The number of hydrogen-bond acceptors (Lipinski definition) is 2. The summed E-state index contributed by atoms with van der Waals surface area (Å²) in [6.45, 7) is 2.28. The van der Waals surface area contributed by atoms with E-state index in [1.165, 1.54) is 24.3 Å². The Kier molecular flexibility index (Phi) is 4.72. The number of carbonyl (C=O) groups is 1. The molecule has 1 saturated carbocycles. The zero-order valence-electron chi connectivity index (χ0n) is 14.5. The third-order valence-electron chi connectivity index (χ3n) is 5.39. The standard InChI is InChI=1S/C21H22F2N2O/c22-17-6-4-14(5-7-17)20-12-24-11-16(20)13-25(19-8-9-19)21(26)15-2-1-3-18(23)10-15/h1-7,10,16,19-20,24H,8-9,11-13H2/t16-,20+/m0/s1. The Morgan fingerprint density at radius 2 is 1.81 bits per heavy atom. The maximum absolute atomic E-state index is 13.5. The van der Waals surface area contributed by atoms with Gasteiger partial charge in [-0.3, -0.25) is 4.79 Å². The van der Waals surface area contributed by atoms with Gasteiger partial charge in [-0.25, -0.2) is 8.78 Å². The molecule has 1 amide bonds. The number of hydrogen-bond donors (Lipinski definition) is 1. The number of nitrogens with zero attached hydrogens (tertiary/aromatic N) is 1. The third kappa shape index (κ3) is 3.63. The summed E-state index contributed by atoms with van der Waals surface area (Å²) < 4.78 is 26.7. The molecule has 5 heteroatoms.